The molecule has 0 spiro atoms. The van der Waals surface area contributed by atoms with Crippen LogP contribution in [0.15, 0.2) is 106 Å². The molecule has 2 aromatic heterocycles. The Morgan fingerprint density at radius 1 is 1.07 bits per heavy atom. The van der Waals surface area contributed by atoms with E-state index in [-0.39, 0.29) is 19.0 Å². The summed E-state index contributed by atoms with van der Waals surface area (Å²) in [5.41, 5.74) is 32.1. The topological polar surface area (TPSA) is 153 Å². The van der Waals surface area contributed by atoms with Crippen LogP contribution >= 0.6 is 11.3 Å². The highest BCUT2D eigenvalue weighted by Gasteiger charge is 2.18. The Kier molecular flexibility index (Phi) is 13.6. The van der Waals surface area contributed by atoms with E-state index in [0.29, 0.717) is 46.5 Å². The summed E-state index contributed by atoms with van der Waals surface area (Å²) in [7, 11) is 0. The predicted molar refractivity (Wildman–Crippen MR) is 165 cm³/mol. The number of hydrogen-bond acceptors (Lipinski definition) is 10. The fourth-order valence-corrected chi connectivity index (χ4v) is 4.20. The Hall–Kier alpha value is -6.18. The summed E-state index contributed by atoms with van der Waals surface area (Å²) in [5, 5.41) is 24.3. The van der Waals surface area contributed by atoms with E-state index in [4.69, 9.17) is 25.1 Å². The first-order valence-electron chi connectivity index (χ1n) is 13.0. The van der Waals surface area contributed by atoms with Crippen molar-refractivity contribution in [1.82, 2.24) is 15.3 Å². The van der Waals surface area contributed by atoms with Crippen LogP contribution in [0.25, 0.3) is 11.1 Å². The summed E-state index contributed by atoms with van der Waals surface area (Å²) < 4.78 is 17.0. The van der Waals surface area contributed by atoms with Gasteiger partial charge >= 0.3 is 0 Å². The zero-order valence-corrected chi connectivity index (χ0v) is 24.7. The van der Waals surface area contributed by atoms with Crippen LogP contribution in [0.4, 0.5) is 0 Å². The zero-order valence-electron chi connectivity index (χ0n) is 23.9. The Morgan fingerprint density at radius 3 is 2.36 bits per heavy atom. The lowest BCUT2D eigenvalue weighted by Crippen LogP contribution is -2.43. The van der Waals surface area contributed by atoms with Crippen LogP contribution < -0.4 is 25.3 Å². The van der Waals surface area contributed by atoms with Crippen molar-refractivity contribution in [2.24, 2.45) is 5.73 Å². The molecule has 1 unspecified atom stereocenters. The van der Waals surface area contributed by atoms with Crippen molar-refractivity contribution in [3.8, 4) is 34.6 Å². The van der Waals surface area contributed by atoms with Crippen LogP contribution in [0, 0.1) is 11.3 Å². The molecule has 0 radical (unpaired) electrons. The third kappa shape index (κ3) is 10.6. The molecule has 4 rings (SSSR count). The number of carbonyl (C=O) groups excluding carboxylic acids is 1. The number of benzene rings is 1. The van der Waals surface area contributed by atoms with E-state index in [1.807, 2.05) is 23.6 Å². The van der Waals surface area contributed by atoms with E-state index in [9.17, 15) is 10.1 Å². The van der Waals surface area contributed by atoms with E-state index in [0.717, 1.165) is 5.56 Å². The minimum absolute atomic E-state index is 0.121. The summed E-state index contributed by atoms with van der Waals surface area (Å²) >= 11 is 1.37. The van der Waals surface area contributed by atoms with Crippen molar-refractivity contribution in [3.63, 3.8) is 0 Å². The number of fused-ring (bicyclic) bond motifs is 1. The molecule has 4 N–H and O–H groups in total. The van der Waals surface area contributed by atoms with Gasteiger partial charge in [-0.1, -0.05) is 17.5 Å². The standard InChI is InChI=1S/C22H21N5O5S.C12H4/c23-8-16-15(13-1-2-18-19(7-13)31-6-5-30-18)3-4-25-22(16)32-11-20-27-14(12-33-20)9-26-17(10-28)21(24)29;1-3-5-7-9-11-12-10-8-6-4-2/h1-4,7,12,17,26,28H,5-6,9-11H2,(H2,24,29);1-2H2. The molecule has 222 valence electrons. The van der Waals surface area contributed by atoms with Gasteiger partial charge in [0.2, 0.25) is 11.8 Å². The lowest BCUT2D eigenvalue weighted by Gasteiger charge is -2.19. The lowest BCUT2D eigenvalue weighted by molar-refractivity contribution is -0.120. The van der Waals surface area contributed by atoms with Gasteiger partial charge in [-0.15, -0.1) is 11.3 Å². The number of primary amides is 1. The number of pyridine rings is 1. The average molecular weight is 616 g/mol. The largest absolute Gasteiger partial charge is 0.486 e. The Morgan fingerprint density at radius 2 is 1.73 bits per heavy atom. The number of ether oxygens (including phenoxy) is 3. The molecule has 3 heterocycles. The van der Waals surface area contributed by atoms with Crippen molar-refractivity contribution in [2.75, 3.05) is 19.8 Å². The number of amides is 1. The van der Waals surface area contributed by atoms with Gasteiger partial charge in [0, 0.05) is 23.7 Å². The van der Waals surface area contributed by atoms with Crippen molar-refractivity contribution < 1.29 is 24.1 Å². The zero-order chi connectivity index (χ0) is 32.3. The summed E-state index contributed by atoms with van der Waals surface area (Å²) in [4.78, 5) is 19.8. The fraction of sp³-hybridized carbons (Fsp3) is 0.176. The first-order valence-corrected chi connectivity index (χ1v) is 13.9. The minimum atomic E-state index is -0.836. The molecule has 3 aromatic rings. The SMILES string of the molecule is C=C=C=C=C=C=C=C=C=C=C=C.N#Cc1c(-c2ccc3c(c2)OCCO3)ccnc1OCc1nc(CNC(CO)C(N)=O)cs1. The van der Waals surface area contributed by atoms with Gasteiger partial charge in [0.1, 0.15) is 42.5 Å². The molecule has 0 aliphatic carbocycles. The highest BCUT2D eigenvalue weighted by Crippen LogP contribution is 2.37. The summed E-state index contributed by atoms with van der Waals surface area (Å²) in [6, 6.07) is 8.60. The third-order valence-corrected chi connectivity index (χ3v) is 6.35. The van der Waals surface area contributed by atoms with Crippen molar-refractivity contribution in [1.29, 1.82) is 5.26 Å². The molecule has 1 aliphatic heterocycles. The fourth-order valence-electron chi connectivity index (χ4n) is 3.50. The number of hydrogen-bond donors (Lipinski definition) is 3. The number of nitrogens with one attached hydrogen (secondary N) is 1. The van der Waals surface area contributed by atoms with Gasteiger partial charge in [-0.2, -0.15) is 5.26 Å². The van der Waals surface area contributed by atoms with Crippen molar-refractivity contribution in [3.05, 3.63) is 123 Å². The smallest absolute Gasteiger partial charge is 0.236 e. The van der Waals surface area contributed by atoms with Gasteiger partial charge in [-0.3, -0.25) is 10.1 Å². The maximum Gasteiger partial charge on any atom is 0.236 e. The molecular formula is C34H25N5O5S. The number of nitriles is 1. The first-order chi connectivity index (χ1) is 22.0. The Labute approximate surface area is 263 Å². The maximum absolute atomic E-state index is 11.2. The van der Waals surface area contributed by atoms with E-state index >= 15 is 0 Å². The third-order valence-electron chi connectivity index (χ3n) is 5.48. The molecular weight excluding hydrogens is 590 g/mol. The highest BCUT2D eigenvalue weighted by atomic mass is 32.1. The molecule has 1 aliphatic rings. The monoisotopic (exact) mass is 615 g/mol. The van der Waals surface area contributed by atoms with Gasteiger partial charge in [0.25, 0.3) is 0 Å². The number of aliphatic hydroxyl groups is 1. The summed E-state index contributed by atoms with van der Waals surface area (Å²) in [6.45, 7) is 7.54. The van der Waals surface area contributed by atoms with Gasteiger partial charge in [0.05, 0.1) is 12.3 Å². The summed E-state index contributed by atoms with van der Waals surface area (Å²) in [6.07, 6.45) is 1.58. The normalized spacial score (nSPS) is 10.7. The number of thiazole rings is 1. The molecule has 11 heteroatoms. The average Bonchev–Trinajstić information content (AvgIpc) is 3.52. The maximum atomic E-state index is 11.2. The van der Waals surface area contributed by atoms with Crippen LogP contribution in [0.2, 0.25) is 0 Å². The van der Waals surface area contributed by atoms with Crippen LogP contribution in [0.5, 0.6) is 17.4 Å². The van der Waals surface area contributed by atoms with Crippen LogP contribution in [-0.2, 0) is 17.9 Å². The number of aliphatic hydroxyl groups excluding tert-OH is 1. The molecule has 0 bridgehead atoms. The quantitative estimate of drug-likeness (QED) is 0.306. The second kappa shape index (κ2) is 18.4. The Bertz CT molecular complexity index is 1920. The minimum Gasteiger partial charge on any atom is -0.486 e. The molecule has 1 atom stereocenters. The molecule has 0 saturated carbocycles. The summed E-state index contributed by atoms with van der Waals surface area (Å²) in [5.74, 6) is 0.869. The van der Waals surface area contributed by atoms with E-state index in [2.05, 4.69) is 91.8 Å². The van der Waals surface area contributed by atoms with E-state index < -0.39 is 18.6 Å². The van der Waals surface area contributed by atoms with Gasteiger partial charge in [-0.25, -0.2) is 9.97 Å². The Balaban J connectivity index is 0.000000392. The number of nitrogens with two attached hydrogens (primary N) is 1. The van der Waals surface area contributed by atoms with E-state index in [1.54, 1.807) is 12.3 Å². The number of nitrogens with zero attached hydrogens (tertiary/aromatic N) is 3. The van der Waals surface area contributed by atoms with Crippen LogP contribution in [0.3, 0.4) is 0 Å². The van der Waals surface area contributed by atoms with Gasteiger partial charge in [0.15, 0.2) is 11.5 Å². The predicted octanol–water partition coefficient (Wildman–Crippen LogP) is 3.72. The first kappa shape index (κ1) is 33.3. The van der Waals surface area contributed by atoms with E-state index in [1.165, 1.54) is 11.3 Å². The molecule has 1 amide bonds. The van der Waals surface area contributed by atoms with Crippen LogP contribution in [-0.4, -0.2) is 46.8 Å². The molecule has 0 fully saturated rings. The molecule has 0 saturated heterocycles. The molecule has 1 aromatic carbocycles. The lowest BCUT2D eigenvalue weighted by atomic mass is 10.0. The molecule has 45 heavy (non-hydrogen) atoms. The highest BCUT2D eigenvalue weighted by molar-refractivity contribution is 7.09. The number of rotatable bonds is 9. The van der Waals surface area contributed by atoms with Gasteiger partial charge in [-0.05, 0) is 82.8 Å². The number of aromatic nitrogens is 2. The second-order valence-corrected chi connectivity index (χ2v) is 9.34. The van der Waals surface area contributed by atoms with Crippen molar-refractivity contribution in [2.45, 2.75) is 19.2 Å². The second-order valence-electron chi connectivity index (χ2n) is 8.40. The molecule has 10 nitrogen and oxygen atoms in total. The van der Waals surface area contributed by atoms with Crippen molar-refractivity contribution >= 4 is 17.2 Å². The number of carbonyl (C=O) groups is 1. The van der Waals surface area contributed by atoms with Gasteiger partial charge < -0.3 is 25.1 Å². The van der Waals surface area contributed by atoms with Crippen LogP contribution in [0.1, 0.15) is 16.3 Å².